The lowest BCUT2D eigenvalue weighted by molar-refractivity contribution is 0.680. The molecule has 0 aliphatic carbocycles. The molecule has 132 valence electrons. The molecule has 2 aromatic heterocycles. The molecule has 0 amide bonds. The number of hydrogen-bond donors (Lipinski definition) is 1. The van der Waals surface area contributed by atoms with Crippen molar-refractivity contribution in [1.82, 2.24) is 24.9 Å². The second-order valence-electron chi connectivity index (χ2n) is 5.76. The fraction of sp³-hybridized carbons (Fsp3) is 0.100. The van der Waals surface area contributed by atoms with Gasteiger partial charge < -0.3 is 5.32 Å². The summed E-state index contributed by atoms with van der Waals surface area (Å²) in [6.07, 6.45) is 7.52. The van der Waals surface area contributed by atoms with Crippen molar-refractivity contribution in [1.29, 1.82) is 0 Å². The Bertz CT molecular complexity index is 855. The average Bonchev–Trinajstić information content (AvgIpc) is 3.37. The van der Waals surface area contributed by atoms with Crippen LogP contribution in [0.5, 0.6) is 0 Å². The first-order chi connectivity index (χ1) is 12.4. The highest BCUT2D eigenvalue weighted by molar-refractivity contribution is 5.85. The molecule has 0 saturated heterocycles. The first kappa shape index (κ1) is 17.9. The zero-order valence-corrected chi connectivity index (χ0v) is 15.0. The fourth-order valence-electron chi connectivity index (χ4n) is 2.92. The van der Waals surface area contributed by atoms with Crippen LogP contribution in [0.2, 0.25) is 0 Å². The summed E-state index contributed by atoms with van der Waals surface area (Å²) >= 11 is 0. The largest absolute Gasteiger partial charge is 0.308 e. The molecule has 0 atom stereocenters. The van der Waals surface area contributed by atoms with E-state index in [1.165, 1.54) is 11.1 Å². The minimum atomic E-state index is 0. The van der Waals surface area contributed by atoms with E-state index in [2.05, 4.69) is 51.9 Å². The third-order valence-corrected chi connectivity index (χ3v) is 4.12. The first-order valence-electron chi connectivity index (χ1n) is 8.28. The Kier molecular flexibility index (Phi) is 5.84. The summed E-state index contributed by atoms with van der Waals surface area (Å²) in [5.41, 5.74) is 4.62. The Labute approximate surface area is 158 Å². The van der Waals surface area contributed by atoms with Crippen molar-refractivity contribution in [3.05, 3.63) is 96.6 Å². The van der Waals surface area contributed by atoms with E-state index >= 15 is 0 Å². The number of aromatic nitrogens is 4. The maximum atomic E-state index is 4.34. The van der Waals surface area contributed by atoms with Crippen molar-refractivity contribution in [2.45, 2.75) is 13.1 Å². The monoisotopic (exact) mass is 365 g/mol. The molecule has 2 heterocycles. The molecule has 0 fully saturated rings. The minimum Gasteiger partial charge on any atom is -0.308 e. The number of nitrogens with zero attached hydrogens (tertiary/aromatic N) is 4. The summed E-state index contributed by atoms with van der Waals surface area (Å²) in [6, 6.07) is 20.5. The van der Waals surface area contributed by atoms with Crippen molar-refractivity contribution in [2.75, 3.05) is 0 Å². The maximum absolute atomic E-state index is 4.34. The molecule has 6 heteroatoms. The molecular formula is C20H20ClN5. The molecule has 0 bridgehead atoms. The molecule has 4 rings (SSSR count). The molecule has 0 unspecified atom stereocenters. The lowest BCUT2D eigenvalue weighted by Crippen LogP contribution is -2.16. The molecule has 0 radical (unpaired) electrons. The van der Waals surface area contributed by atoms with Crippen LogP contribution in [0.25, 0.3) is 11.4 Å². The van der Waals surface area contributed by atoms with E-state index in [0.717, 1.165) is 24.5 Å². The highest BCUT2D eigenvalue weighted by atomic mass is 35.5. The second-order valence-corrected chi connectivity index (χ2v) is 5.76. The van der Waals surface area contributed by atoms with Gasteiger partial charge in [0.05, 0.1) is 11.4 Å². The predicted octanol–water partition coefficient (Wildman–Crippen LogP) is 3.77. The zero-order valence-electron chi connectivity index (χ0n) is 14.2. The quantitative estimate of drug-likeness (QED) is 0.565. The lowest BCUT2D eigenvalue weighted by atomic mass is 10.1. The summed E-state index contributed by atoms with van der Waals surface area (Å²) in [4.78, 5) is 0. The van der Waals surface area contributed by atoms with Crippen LogP contribution >= 0.6 is 12.4 Å². The third kappa shape index (κ3) is 3.85. The third-order valence-electron chi connectivity index (χ3n) is 4.12. The normalized spacial score (nSPS) is 10.5. The first-order valence-corrected chi connectivity index (χ1v) is 8.28. The standard InChI is InChI=1S/C20H19N5.ClH/c1-3-9-19(24-13-5-11-22-24)17(7-1)15-21-16-18-8-2-4-10-20(18)25-14-6-12-23-25;/h1-14,21H,15-16H2;1H. The summed E-state index contributed by atoms with van der Waals surface area (Å²) in [5, 5.41) is 12.2. The molecule has 2 aromatic carbocycles. The van der Waals surface area contributed by atoms with Gasteiger partial charge in [0.2, 0.25) is 0 Å². The summed E-state index contributed by atoms with van der Waals surface area (Å²) in [7, 11) is 0. The summed E-state index contributed by atoms with van der Waals surface area (Å²) in [5.74, 6) is 0. The van der Waals surface area contributed by atoms with Gasteiger partial charge in [-0.2, -0.15) is 10.2 Å². The van der Waals surface area contributed by atoms with Gasteiger partial charge in [0.1, 0.15) is 0 Å². The van der Waals surface area contributed by atoms with E-state index in [-0.39, 0.29) is 12.4 Å². The molecule has 5 nitrogen and oxygen atoms in total. The predicted molar refractivity (Wildman–Crippen MR) is 105 cm³/mol. The van der Waals surface area contributed by atoms with Crippen LogP contribution in [0.3, 0.4) is 0 Å². The molecule has 4 aromatic rings. The van der Waals surface area contributed by atoms with Crippen LogP contribution in [-0.4, -0.2) is 19.6 Å². The van der Waals surface area contributed by atoms with Crippen LogP contribution < -0.4 is 5.32 Å². The van der Waals surface area contributed by atoms with E-state index in [9.17, 15) is 0 Å². The number of halogens is 1. The van der Waals surface area contributed by atoms with Gasteiger partial charge in [0.25, 0.3) is 0 Å². The van der Waals surface area contributed by atoms with Gasteiger partial charge in [-0.3, -0.25) is 0 Å². The number of para-hydroxylation sites is 2. The Morgan fingerprint density at radius 3 is 1.54 bits per heavy atom. The number of benzene rings is 2. The van der Waals surface area contributed by atoms with Crippen molar-refractivity contribution in [3.63, 3.8) is 0 Å². The van der Waals surface area contributed by atoms with E-state index in [4.69, 9.17) is 0 Å². The molecule has 26 heavy (non-hydrogen) atoms. The molecule has 1 N–H and O–H groups in total. The van der Waals surface area contributed by atoms with Crippen LogP contribution in [0.1, 0.15) is 11.1 Å². The van der Waals surface area contributed by atoms with E-state index in [1.54, 1.807) is 12.4 Å². The van der Waals surface area contributed by atoms with Crippen LogP contribution in [0.4, 0.5) is 0 Å². The van der Waals surface area contributed by atoms with Gasteiger partial charge in [0, 0.05) is 37.9 Å². The molecule has 0 saturated carbocycles. The average molecular weight is 366 g/mol. The van der Waals surface area contributed by atoms with Gasteiger partial charge in [-0.25, -0.2) is 9.36 Å². The lowest BCUT2D eigenvalue weighted by Gasteiger charge is -2.13. The Morgan fingerprint density at radius 2 is 1.12 bits per heavy atom. The Morgan fingerprint density at radius 1 is 0.654 bits per heavy atom. The number of rotatable bonds is 6. The van der Waals surface area contributed by atoms with Crippen LogP contribution in [-0.2, 0) is 13.1 Å². The van der Waals surface area contributed by atoms with Crippen molar-refractivity contribution in [3.8, 4) is 11.4 Å². The van der Waals surface area contributed by atoms with Gasteiger partial charge >= 0.3 is 0 Å². The van der Waals surface area contributed by atoms with Crippen molar-refractivity contribution >= 4 is 12.4 Å². The topological polar surface area (TPSA) is 47.7 Å². The van der Waals surface area contributed by atoms with Gasteiger partial charge in [-0.15, -0.1) is 12.4 Å². The minimum absolute atomic E-state index is 0. The highest BCUT2D eigenvalue weighted by Crippen LogP contribution is 2.15. The van der Waals surface area contributed by atoms with E-state index in [0.29, 0.717) is 0 Å². The highest BCUT2D eigenvalue weighted by Gasteiger charge is 2.06. The molecular weight excluding hydrogens is 346 g/mol. The van der Waals surface area contributed by atoms with E-state index < -0.39 is 0 Å². The van der Waals surface area contributed by atoms with Gasteiger partial charge in [0.15, 0.2) is 0 Å². The number of hydrogen-bond acceptors (Lipinski definition) is 3. The van der Waals surface area contributed by atoms with Crippen LogP contribution in [0.15, 0.2) is 85.5 Å². The fourth-order valence-corrected chi connectivity index (χ4v) is 2.92. The van der Waals surface area contributed by atoms with Gasteiger partial charge in [-0.1, -0.05) is 36.4 Å². The summed E-state index contributed by atoms with van der Waals surface area (Å²) in [6.45, 7) is 1.53. The smallest absolute Gasteiger partial charge is 0.0690 e. The Hall–Kier alpha value is -2.89. The van der Waals surface area contributed by atoms with Crippen LogP contribution in [0, 0.1) is 0 Å². The van der Waals surface area contributed by atoms with E-state index in [1.807, 2.05) is 46.0 Å². The molecule has 0 aliphatic rings. The number of nitrogens with one attached hydrogen (secondary N) is 1. The molecule has 0 aliphatic heterocycles. The second kappa shape index (κ2) is 8.47. The zero-order chi connectivity index (χ0) is 16.9. The summed E-state index contributed by atoms with van der Waals surface area (Å²) < 4.78 is 3.80. The molecule has 0 spiro atoms. The SMILES string of the molecule is Cl.c1ccc(-n2cccn2)c(CNCc2ccccc2-n2cccn2)c1. The Balaban J connectivity index is 0.00000196. The van der Waals surface area contributed by atoms with Gasteiger partial charge in [-0.05, 0) is 35.4 Å². The maximum Gasteiger partial charge on any atom is 0.0690 e. The van der Waals surface area contributed by atoms with Crippen molar-refractivity contribution < 1.29 is 0 Å². The van der Waals surface area contributed by atoms with Crippen molar-refractivity contribution in [2.24, 2.45) is 0 Å².